The summed E-state index contributed by atoms with van der Waals surface area (Å²) in [5, 5.41) is 10.4. The Morgan fingerprint density at radius 3 is 2.50 bits per heavy atom. The van der Waals surface area contributed by atoms with E-state index in [2.05, 4.69) is 4.98 Å². The summed E-state index contributed by atoms with van der Waals surface area (Å²) in [5.41, 5.74) is 0.935. The maximum atomic E-state index is 13.8. The fraction of sp³-hybridized carbons (Fsp3) is 0.333. The molecule has 3 aromatic rings. The number of ether oxygens (including phenoxy) is 1. The van der Waals surface area contributed by atoms with Gasteiger partial charge in [0.05, 0.1) is 12.1 Å². The van der Waals surface area contributed by atoms with Crippen molar-refractivity contribution in [3.8, 4) is 5.75 Å². The zero-order valence-corrected chi connectivity index (χ0v) is 18.8. The molecule has 1 N–H and O–H groups in total. The lowest BCUT2D eigenvalue weighted by Gasteiger charge is -2.17. The topological polar surface area (TPSA) is 64.3 Å². The van der Waals surface area contributed by atoms with E-state index < -0.39 is 11.9 Å². The van der Waals surface area contributed by atoms with E-state index in [1.165, 1.54) is 24.3 Å². The number of aromatic nitrogens is 2. The summed E-state index contributed by atoms with van der Waals surface area (Å²) in [6, 6.07) is 9.65. The van der Waals surface area contributed by atoms with Crippen molar-refractivity contribution in [3.63, 3.8) is 0 Å². The van der Waals surface area contributed by atoms with Gasteiger partial charge in [-0.2, -0.15) is 0 Å². The smallest absolute Gasteiger partial charge is 0.167 e. The van der Waals surface area contributed by atoms with Gasteiger partial charge in [0.2, 0.25) is 0 Å². The fourth-order valence-electron chi connectivity index (χ4n) is 3.33. The van der Waals surface area contributed by atoms with Crippen LogP contribution in [0, 0.1) is 11.6 Å². The molecule has 1 aromatic heterocycles. The molecule has 172 valence electrons. The largest absolute Gasteiger partial charge is 0.490 e. The molecule has 0 aliphatic heterocycles. The van der Waals surface area contributed by atoms with Crippen molar-refractivity contribution in [3.05, 3.63) is 83.4 Å². The molecular formula is C24H27ClF2N2O3. The maximum Gasteiger partial charge on any atom is 0.167 e. The monoisotopic (exact) mass is 464 g/mol. The van der Waals surface area contributed by atoms with Crippen molar-refractivity contribution < 1.29 is 23.4 Å². The van der Waals surface area contributed by atoms with Crippen LogP contribution in [0.5, 0.6) is 5.75 Å². The number of hydrogen-bond acceptors (Lipinski definition) is 4. The van der Waals surface area contributed by atoms with Crippen molar-refractivity contribution in [1.29, 1.82) is 0 Å². The lowest BCUT2D eigenvalue weighted by atomic mass is 10.0. The molecule has 0 fully saturated rings. The van der Waals surface area contributed by atoms with Crippen LogP contribution < -0.4 is 4.74 Å². The molecular weight excluding hydrogens is 438 g/mol. The van der Waals surface area contributed by atoms with Gasteiger partial charge >= 0.3 is 0 Å². The summed E-state index contributed by atoms with van der Waals surface area (Å²) in [5.74, 6) is 0.121. The number of halogens is 3. The van der Waals surface area contributed by atoms with E-state index in [0.29, 0.717) is 13.0 Å². The summed E-state index contributed by atoms with van der Waals surface area (Å²) in [7, 11) is 0. The van der Waals surface area contributed by atoms with Gasteiger partial charge in [0.15, 0.2) is 5.78 Å². The minimum atomic E-state index is -0.834. The number of aliphatic hydroxyl groups excluding tert-OH is 1. The van der Waals surface area contributed by atoms with Gasteiger partial charge in [-0.05, 0) is 42.3 Å². The van der Waals surface area contributed by atoms with Crippen molar-refractivity contribution in [1.82, 2.24) is 9.55 Å². The number of ketones is 1. The summed E-state index contributed by atoms with van der Waals surface area (Å²) >= 11 is 0. The Balaban J connectivity index is 0.00000363. The van der Waals surface area contributed by atoms with Gasteiger partial charge in [-0.15, -0.1) is 12.4 Å². The SMILES string of the molecule is CC(C)c1nccn1CC(O)COc1ccc(F)cc1C(=O)CCc1ccc(F)cc1.Cl. The number of carbonyl (C=O) groups is 1. The third-order valence-corrected chi connectivity index (χ3v) is 4.90. The zero-order chi connectivity index (χ0) is 22.4. The first-order valence-corrected chi connectivity index (χ1v) is 10.2. The van der Waals surface area contributed by atoms with Crippen LogP contribution >= 0.6 is 12.4 Å². The third-order valence-electron chi connectivity index (χ3n) is 4.90. The second kappa shape index (κ2) is 11.7. The number of carbonyl (C=O) groups excluding carboxylic acids is 1. The van der Waals surface area contributed by atoms with Crippen molar-refractivity contribution in [2.75, 3.05) is 6.61 Å². The zero-order valence-electron chi connectivity index (χ0n) is 18.0. The van der Waals surface area contributed by atoms with E-state index in [4.69, 9.17) is 4.74 Å². The molecule has 0 saturated heterocycles. The fourth-order valence-corrected chi connectivity index (χ4v) is 3.33. The second-order valence-electron chi connectivity index (χ2n) is 7.75. The highest BCUT2D eigenvalue weighted by Crippen LogP contribution is 2.23. The lowest BCUT2D eigenvalue weighted by molar-refractivity contribution is 0.0881. The molecule has 0 amide bonds. The highest BCUT2D eigenvalue weighted by molar-refractivity contribution is 5.98. The predicted molar refractivity (Wildman–Crippen MR) is 121 cm³/mol. The number of aryl methyl sites for hydroxylation is 1. The molecule has 0 aliphatic rings. The molecule has 1 heterocycles. The number of rotatable bonds is 10. The summed E-state index contributed by atoms with van der Waals surface area (Å²) in [4.78, 5) is 17.0. The van der Waals surface area contributed by atoms with E-state index in [9.17, 15) is 18.7 Å². The van der Waals surface area contributed by atoms with Gasteiger partial charge in [-0.1, -0.05) is 26.0 Å². The average Bonchev–Trinajstić information content (AvgIpc) is 3.20. The van der Waals surface area contributed by atoms with Crippen LogP contribution in [0.3, 0.4) is 0 Å². The normalized spacial score (nSPS) is 11.8. The highest BCUT2D eigenvalue weighted by Gasteiger charge is 2.17. The minimum Gasteiger partial charge on any atom is -0.490 e. The molecule has 0 bridgehead atoms. The molecule has 8 heteroatoms. The van der Waals surface area contributed by atoms with E-state index in [1.54, 1.807) is 24.5 Å². The molecule has 0 saturated carbocycles. The first-order chi connectivity index (χ1) is 14.8. The van der Waals surface area contributed by atoms with E-state index in [-0.39, 0.29) is 54.3 Å². The summed E-state index contributed by atoms with van der Waals surface area (Å²) < 4.78 is 34.3. The number of Topliss-reactive ketones (excluding diaryl/α,β-unsaturated/α-hetero) is 1. The van der Waals surface area contributed by atoms with Gasteiger partial charge in [0.25, 0.3) is 0 Å². The Kier molecular flexibility index (Phi) is 9.35. The average molecular weight is 465 g/mol. The van der Waals surface area contributed by atoms with Crippen LogP contribution in [0.15, 0.2) is 54.9 Å². The molecule has 0 aliphatic carbocycles. The molecule has 0 spiro atoms. The van der Waals surface area contributed by atoms with Crippen molar-refractivity contribution in [2.45, 2.75) is 45.3 Å². The Labute approximate surface area is 192 Å². The standard InChI is InChI=1S/C24H26F2N2O3.ClH/c1-16(2)24-27-11-12-28(24)14-20(29)15-31-23-10-8-19(26)13-21(23)22(30)9-5-17-3-6-18(25)7-4-17;/h3-4,6-8,10-13,16,20,29H,5,9,14-15H2,1-2H3;1H. The van der Waals surface area contributed by atoms with Gasteiger partial charge in [-0.3, -0.25) is 4.79 Å². The van der Waals surface area contributed by atoms with Gasteiger partial charge in [-0.25, -0.2) is 13.8 Å². The minimum absolute atomic E-state index is 0. The molecule has 0 radical (unpaired) electrons. The number of imidazole rings is 1. The Bertz CT molecular complexity index is 1020. The molecule has 3 rings (SSSR count). The van der Waals surface area contributed by atoms with Crippen LogP contribution in [0.1, 0.15) is 47.9 Å². The quantitative estimate of drug-likeness (QED) is 0.431. The van der Waals surface area contributed by atoms with Crippen LogP contribution in [0.25, 0.3) is 0 Å². The Hall–Kier alpha value is -2.77. The molecule has 32 heavy (non-hydrogen) atoms. The van der Waals surface area contributed by atoms with E-state index in [0.717, 1.165) is 17.5 Å². The highest BCUT2D eigenvalue weighted by atomic mass is 35.5. The Morgan fingerprint density at radius 2 is 1.81 bits per heavy atom. The van der Waals surface area contributed by atoms with Crippen LogP contribution in [0.4, 0.5) is 8.78 Å². The third kappa shape index (κ3) is 6.87. The number of nitrogens with zero attached hydrogens (tertiary/aromatic N) is 2. The van der Waals surface area contributed by atoms with Crippen LogP contribution in [0.2, 0.25) is 0 Å². The molecule has 1 unspecified atom stereocenters. The van der Waals surface area contributed by atoms with E-state index in [1.807, 2.05) is 18.4 Å². The molecule has 2 aromatic carbocycles. The molecule has 1 atom stereocenters. The predicted octanol–water partition coefficient (Wildman–Crippen LogP) is 4.96. The Morgan fingerprint density at radius 1 is 1.12 bits per heavy atom. The maximum absolute atomic E-state index is 13.8. The number of hydrogen-bond donors (Lipinski definition) is 1. The second-order valence-corrected chi connectivity index (χ2v) is 7.75. The first kappa shape index (κ1) is 25.5. The van der Waals surface area contributed by atoms with Gasteiger partial charge < -0.3 is 14.4 Å². The van der Waals surface area contributed by atoms with Crippen molar-refractivity contribution in [2.24, 2.45) is 0 Å². The molecule has 5 nitrogen and oxygen atoms in total. The van der Waals surface area contributed by atoms with Crippen LogP contribution in [-0.2, 0) is 13.0 Å². The summed E-state index contributed by atoms with van der Waals surface area (Å²) in [6.07, 6.45) is 3.16. The van der Waals surface area contributed by atoms with Crippen molar-refractivity contribution >= 4 is 18.2 Å². The van der Waals surface area contributed by atoms with Crippen LogP contribution in [-0.4, -0.2) is 33.2 Å². The van der Waals surface area contributed by atoms with E-state index >= 15 is 0 Å². The number of aliphatic hydroxyl groups is 1. The lowest BCUT2D eigenvalue weighted by Crippen LogP contribution is -2.25. The number of benzene rings is 2. The first-order valence-electron chi connectivity index (χ1n) is 10.2. The van der Waals surface area contributed by atoms with Gasteiger partial charge in [0.1, 0.15) is 35.9 Å². The summed E-state index contributed by atoms with van der Waals surface area (Å²) in [6.45, 7) is 4.27. The van der Waals surface area contributed by atoms with Gasteiger partial charge in [0, 0.05) is 24.7 Å².